The fourth-order valence-corrected chi connectivity index (χ4v) is 0.961. The van der Waals surface area contributed by atoms with Crippen LogP contribution in [0.25, 0.3) is 0 Å². The number of carboxylic acids is 1. The summed E-state index contributed by atoms with van der Waals surface area (Å²) in [5.41, 5.74) is 0.314. The average molecular weight is 195 g/mol. The molecule has 0 aromatic heterocycles. The summed E-state index contributed by atoms with van der Waals surface area (Å²) in [6.07, 6.45) is 0.0200. The van der Waals surface area contributed by atoms with Crippen LogP contribution in [0.1, 0.15) is 5.56 Å². The molecule has 1 rings (SSSR count). The molecule has 14 heavy (non-hydrogen) atoms. The van der Waals surface area contributed by atoms with Gasteiger partial charge in [-0.3, -0.25) is 0 Å². The Bertz CT molecular complexity index is 356. The number of rotatable bonds is 3. The van der Waals surface area contributed by atoms with E-state index in [1.807, 2.05) is 0 Å². The summed E-state index contributed by atoms with van der Waals surface area (Å²) < 4.78 is 0. The predicted octanol–water partition coefficient (Wildman–Crippen LogP) is 0.849. The maximum Gasteiger partial charge on any atom is 0.354 e. The first-order valence-electron chi connectivity index (χ1n) is 3.85. The average Bonchev–Trinajstić information content (AvgIpc) is 2.16. The first-order chi connectivity index (χ1) is 6.63. The number of carboxylic acid groups (broad SMARTS) is 1. The smallest absolute Gasteiger partial charge is 0.354 e. The van der Waals surface area contributed by atoms with Gasteiger partial charge in [0.1, 0.15) is 5.75 Å². The molecule has 5 heteroatoms. The summed E-state index contributed by atoms with van der Waals surface area (Å²) in [6.45, 7) is 0. The van der Waals surface area contributed by atoms with Crippen molar-refractivity contribution < 1.29 is 20.2 Å². The van der Waals surface area contributed by atoms with Crippen LogP contribution in [0.2, 0.25) is 0 Å². The molecular weight excluding hydrogens is 186 g/mol. The minimum Gasteiger partial charge on any atom is -0.508 e. The molecule has 0 fully saturated rings. The van der Waals surface area contributed by atoms with Crippen molar-refractivity contribution in [2.24, 2.45) is 5.16 Å². The topological polar surface area (TPSA) is 90.1 Å². The van der Waals surface area contributed by atoms with E-state index in [9.17, 15) is 4.79 Å². The van der Waals surface area contributed by atoms with Crippen LogP contribution in [0.5, 0.6) is 5.75 Å². The third kappa shape index (κ3) is 2.48. The van der Waals surface area contributed by atoms with E-state index in [2.05, 4.69) is 5.16 Å². The van der Waals surface area contributed by atoms with Crippen LogP contribution in [-0.2, 0) is 11.2 Å². The van der Waals surface area contributed by atoms with Crippen molar-refractivity contribution in [1.82, 2.24) is 0 Å². The number of phenols is 1. The molecule has 0 aliphatic carbocycles. The van der Waals surface area contributed by atoms with Gasteiger partial charge in [-0.15, -0.1) is 0 Å². The van der Waals surface area contributed by atoms with Crippen molar-refractivity contribution in [3.8, 4) is 5.75 Å². The summed E-state index contributed by atoms with van der Waals surface area (Å²) in [6, 6.07) is 5.99. The van der Waals surface area contributed by atoms with Crippen molar-refractivity contribution in [1.29, 1.82) is 0 Å². The molecule has 0 heterocycles. The minimum atomic E-state index is -1.26. The molecule has 0 radical (unpaired) electrons. The fraction of sp³-hybridized carbons (Fsp3) is 0.111. The molecule has 0 atom stereocenters. The third-order valence-corrected chi connectivity index (χ3v) is 1.68. The van der Waals surface area contributed by atoms with Crippen LogP contribution in [0.15, 0.2) is 29.4 Å². The van der Waals surface area contributed by atoms with E-state index >= 15 is 0 Å². The van der Waals surface area contributed by atoms with Gasteiger partial charge in [-0.05, 0) is 17.7 Å². The summed E-state index contributed by atoms with van der Waals surface area (Å²) in [5, 5.41) is 28.5. The second kappa shape index (κ2) is 4.27. The molecule has 0 amide bonds. The Labute approximate surface area is 79.9 Å². The molecule has 1 aromatic rings. The van der Waals surface area contributed by atoms with Gasteiger partial charge in [0.05, 0.1) is 0 Å². The third-order valence-electron chi connectivity index (χ3n) is 1.68. The van der Waals surface area contributed by atoms with E-state index in [1.165, 1.54) is 12.1 Å². The number of phenolic OH excluding ortho intramolecular Hbond substituents is 1. The number of carbonyl (C=O) groups is 1. The highest BCUT2D eigenvalue weighted by Gasteiger charge is 2.10. The van der Waals surface area contributed by atoms with Crippen LogP contribution < -0.4 is 0 Å². The SMILES string of the molecule is O=C(O)/C(Cc1ccc(O)cc1)=N\O. The Kier molecular flexibility index (Phi) is 3.06. The maximum absolute atomic E-state index is 10.5. The van der Waals surface area contributed by atoms with E-state index < -0.39 is 5.97 Å². The molecule has 0 bridgehead atoms. The number of oxime groups is 1. The number of nitrogens with zero attached hydrogens (tertiary/aromatic N) is 1. The molecule has 0 spiro atoms. The van der Waals surface area contributed by atoms with Crippen LogP contribution in [0.3, 0.4) is 0 Å². The van der Waals surface area contributed by atoms with Crippen molar-refractivity contribution in [2.75, 3.05) is 0 Å². The summed E-state index contributed by atoms with van der Waals surface area (Å²) in [4.78, 5) is 10.5. The highest BCUT2D eigenvalue weighted by molar-refractivity contribution is 6.35. The molecule has 74 valence electrons. The monoisotopic (exact) mass is 195 g/mol. The Balaban J connectivity index is 2.78. The highest BCUT2D eigenvalue weighted by atomic mass is 16.4. The second-order valence-corrected chi connectivity index (χ2v) is 2.70. The number of hydrogen-bond acceptors (Lipinski definition) is 4. The lowest BCUT2D eigenvalue weighted by atomic mass is 10.1. The Morgan fingerprint density at radius 1 is 1.29 bits per heavy atom. The highest BCUT2D eigenvalue weighted by Crippen LogP contribution is 2.10. The van der Waals surface area contributed by atoms with Gasteiger partial charge in [-0.25, -0.2) is 4.79 Å². The predicted molar refractivity (Wildman–Crippen MR) is 48.7 cm³/mol. The van der Waals surface area contributed by atoms with Gasteiger partial charge < -0.3 is 15.4 Å². The molecule has 0 unspecified atom stereocenters. The van der Waals surface area contributed by atoms with Gasteiger partial charge in [-0.1, -0.05) is 17.3 Å². The van der Waals surface area contributed by atoms with E-state index in [0.29, 0.717) is 5.56 Å². The zero-order valence-corrected chi connectivity index (χ0v) is 7.21. The zero-order chi connectivity index (χ0) is 10.6. The molecule has 5 nitrogen and oxygen atoms in total. The maximum atomic E-state index is 10.5. The van der Waals surface area contributed by atoms with Gasteiger partial charge in [0.25, 0.3) is 0 Å². The zero-order valence-electron chi connectivity index (χ0n) is 7.21. The Morgan fingerprint density at radius 2 is 1.86 bits per heavy atom. The standard InChI is InChI=1S/C9H9NO4/c11-7-3-1-6(2-4-7)5-8(10-14)9(12)13/h1-4,11,14H,5H2,(H,12,13)/b10-8-. The molecule has 3 N–H and O–H groups in total. The van der Waals surface area contributed by atoms with Gasteiger partial charge in [-0.2, -0.15) is 0 Å². The summed E-state index contributed by atoms with van der Waals surface area (Å²) in [7, 11) is 0. The first kappa shape index (κ1) is 10.0. The quantitative estimate of drug-likeness (QED) is 0.379. The van der Waals surface area contributed by atoms with Gasteiger partial charge in [0, 0.05) is 6.42 Å². The molecule has 0 saturated carbocycles. The number of benzene rings is 1. The molecular formula is C9H9NO4. The van der Waals surface area contributed by atoms with Gasteiger partial charge >= 0.3 is 5.97 Å². The summed E-state index contributed by atoms with van der Waals surface area (Å²) in [5.74, 6) is -1.16. The molecule has 1 aromatic carbocycles. The lowest BCUT2D eigenvalue weighted by molar-refractivity contribution is -0.129. The molecule has 0 saturated heterocycles. The van der Waals surface area contributed by atoms with E-state index in [0.717, 1.165) is 0 Å². The lowest BCUT2D eigenvalue weighted by Gasteiger charge is -1.99. The van der Waals surface area contributed by atoms with Gasteiger partial charge in [0.15, 0.2) is 5.71 Å². The van der Waals surface area contributed by atoms with E-state index in [4.69, 9.17) is 15.4 Å². The van der Waals surface area contributed by atoms with Crippen molar-refractivity contribution in [3.63, 3.8) is 0 Å². The van der Waals surface area contributed by atoms with E-state index in [1.54, 1.807) is 12.1 Å². The van der Waals surface area contributed by atoms with Crippen molar-refractivity contribution >= 4 is 11.7 Å². The number of hydrogen-bond donors (Lipinski definition) is 3. The Hall–Kier alpha value is -2.04. The molecule has 0 aliphatic rings. The second-order valence-electron chi connectivity index (χ2n) is 2.70. The van der Waals surface area contributed by atoms with Crippen LogP contribution in [-0.4, -0.2) is 27.1 Å². The van der Waals surface area contributed by atoms with Crippen molar-refractivity contribution in [3.05, 3.63) is 29.8 Å². The summed E-state index contributed by atoms with van der Waals surface area (Å²) >= 11 is 0. The number of aliphatic carboxylic acids is 1. The minimum absolute atomic E-state index is 0.0200. The molecule has 0 aliphatic heterocycles. The first-order valence-corrected chi connectivity index (χ1v) is 3.85. The van der Waals surface area contributed by atoms with Crippen LogP contribution in [0.4, 0.5) is 0 Å². The van der Waals surface area contributed by atoms with E-state index in [-0.39, 0.29) is 17.9 Å². The van der Waals surface area contributed by atoms with Crippen molar-refractivity contribution in [2.45, 2.75) is 6.42 Å². The van der Waals surface area contributed by atoms with Gasteiger partial charge in [0.2, 0.25) is 0 Å². The fourth-order valence-electron chi connectivity index (χ4n) is 0.961. The normalized spacial score (nSPS) is 11.3. The lowest BCUT2D eigenvalue weighted by Crippen LogP contribution is -2.15. The van der Waals surface area contributed by atoms with Crippen LogP contribution >= 0.6 is 0 Å². The Morgan fingerprint density at radius 3 is 2.29 bits per heavy atom. The largest absolute Gasteiger partial charge is 0.508 e. The van der Waals surface area contributed by atoms with Crippen LogP contribution in [0, 0.1) is 0 Å². The number of aromatic hydroxyl groups is 1.